The Morgan fingerprint density at radius 3 is 2.23 bits per heavy atom. The van der Waals surface area contributed by atoms with Crippen LogP contribution in [0.1, 0.15) is 0 Å². The van der Waals surface area contributed by atoms with E-state index in [0.29, 0.717) is 0 Å². The third-order valence-corrected chi connectivity index (χ3v) is 4.60. The van der Waals surface area contributed by atoms with E-state index in [9.17, 15) is 0 Å². The molecule has 0 N–H and O–H groups in total. The molecular formula is C20H15NS. The molecule has 0 spiro atoms. The summed E-state index contributed by atoms with van der Waals surface area (Å²) in [5.41, 5.74) is 2.40. The molecule has 3 aromatic carbocycles. The Kier molecular flexibility index (Phi) is 3.37. The Bertz CT molecular complexity index is 877. The topological polar surface area (TPSA) is 3.24 Å². The minimum Gasteiger partial charge on any atom is -0.301 e. The summed E-state index contributed by atoms with van der Waals surface area (Å²) in [4.78, 5) is 2.33. The third kappa shape index (κ3) is 2.28. The van der Waals surface area contributed by atoms with Crippen LogP contribution in [0.15, 0.2) is 90.3 Å². The van der Waals surface area contributed by atoms with Crippen molar-refractivity contribution in [2.24, 2.45) is 0 Å². The van der Waals surface area contributed by atoms with Crippen LogP contribution in [0.5, 0.6) is 0 Å². The summed E-state index contributed by atoms with van der Waals surface area (Å²) in [6.45, 7) is 0. The molecule has 0 unspecified atom stereocenters. The highest BCUT2D eigenvalue weighted by Gasteiger charge is 2.15. The lowest BCUT2D eigenvalue weighted by Crippen LogP contribution is -2.08. The van der Waals surface area contributed by atoms with Crippen molar-refractivity contribution in [3.8, 4) is 0 Å². The first kappa shape index (κ1) is 13.1. The number of nitrogens with zero attached hydrogens (tertiary/aromatic N) is 1. The van der Waals surface area contributed by atoms with Crippen LogP contribution in [0, 0.1) is 0 Å². The SMILES string of the molecule is c1ccc(N(c2cccs2)c2cccc3ccccc23)cc1. The van der Waals surface area contributed by atoms with Crippen molar-refractivity contribution < 1.29 is 0 Å². The number of fused-ring (bicyclic) bond motifs is 1. The van der Waals surface area contributed by atoms with Gasteiger partial charge in [0, 0.05) is 11.1 Å². The quantitative estimate of drug-likeness (QED) is 0.425. The summed E-state index contributed by atoms with van der Waals surface area (Å²) in [6.07, 6.45) is 0. The highest BCUT2D eigenvalue weighted by atomic mass is 32.1. The maximum atomic E-state index is 2.33. The molecule has 4 aromatic rings. The van der Waals surface area contributed by atoms with E-state index in [4.69, 9.17) is 0 Å². The molecule has 0 bridgehead atoms. The van der Waals surface area contributed by atoms with Gasteiger partial charge in [-0.2, -0.15) is 0 Å². The Morgan fingerprint density at radius 2 is 1.41 bits per heavy atom. The van der Waals surface area contributed by atoms with Crippen LogP contribution >= 0.6 is 11.3 Å². The molecule has 1 heterocycles. The van der Waals surface area contributed by atoms with Crippen LogP contribution in [0.25, 0.3) is 10.8 Å². The molecule has 0 fully saturated rings. The smallest absolute Gasteiger partial charge is 0.0999 e. The Labute approximate surface area is 134 Å². The predicted molar refractivity (Wildman–Crippen MR) is 96.5 cm³/mol. The lowest BCUT2D eigenvalue weighted by atomic mass is 10.1. The zero-order valence-electron chi connectivity index (χ0n) is 12.0. The summed E-state index contributed by atoms with van der Waals surface area (Å²) in [6, 6.07) is 29.8. The van der Waals surface area contributed by atoms with Gasteiger partial charge in [-0.25, -0.2) is 0 Å². The molecule has 0 amide bonds. The Hall–Kier alpha value is -2.58. The molecule has 2 heteroatoms. The molecule has 0 saturated carbocycles. The van der Waals surface area contributed by atoms with Crippen LogP contribution in [0.2, 0.25) is 0 Å². The summed E-state index contributed by atoms with van der Waals surface area (Å²) < 4.78 is 0. The fourth-order valence-corrected chi connectivity index (χ4v) is 3.53. The first-order valence-corrected chi connectivity index (χ1v) is 8.18. The van der Waals surface area contributed by atoms with Crippen LogP contribution < -0.4 is 4.90 Å². The summed E-state index contributed by atoms with van der Waals surface area (Å²) >= 11 is 1.76. The number of thiophene rings is 1. The number of hydrogen-bond donors (Lipinski definition) is 0. The molecule has 0 aliphatic heterocycles. The van der Waals surface area contributed by atoms with Crippen molar-refractivity contribution in [1.82, 2.24) is 0 Å². The molecule has 1 aromatic heterocycles. The van der Waals surface area contributed by atoms with Crippen molar-refractivity contribution in [3.05, 3.63) is 90.3 Å². The standard InChI is InChI=1S/C20H15NS/c1-2-10-17(11-3-1)21(20-14-7-15-22-20)19-13-6-9-16-8-4-5-12-18(16)19/h1-15H. The first-order valence-electron chi connectivity index (χ1n) is 7.30. The maximum absolute atomic E-state index is 2.33. The van der Waals surface area contributed by atoms with Gasteiger partial charge < -0.3 is 4.90 Å². The van der Waals surface area contributed by atoms with Gasteiger partial charge in [-0.15, -0.1) is 11.3 Å². The molecule has 0 saturated heterocycles. The number of rotatable bonds is 3. The second-order valence-corrected chi connectivity index (χ2v) is 6.05. The largest absolute Gasteiger partial charge is 0.301 e. The van der Waals surface area contributed by atoms with E-state index in [1.807, 2.05) is 0 Å². The van der Waals surface area contributed by atoms with Gasteiger partial charge in [-0.05, 0) is 41.1 Å². The van der Waals surface area contributed by atoms with E-state index >= 15 is 0 Å². The molecule has 0 aliphatic rings. The van der Waals surface area contributed by atoms with Crippen LogP contribution in [0.4, 0.5) is 16.4 Å². The van der Waals surface area contributed by atoms with Gasteiger partial charge in [0.1, 0.15) is 0 Å². The first-order chi connectivity index (χ1) is 10.9. The van der Waals surface area contributed by atoms with E-state index in [1.165, 1.54) is 27.1 Å². The molecule has 0 atom stereocenters. The predicted octanol–water partition coefficient (Wildman–Crippen LogP) is 6.37. The molecule has 4 rings (SSSR count). The fraction of sp³-hybridized carbons (Fsp3) is 0. The van der Waals surface area contributed by atoms with Crippen molar-refractivity contribution in [2.75, 3.05) is 4.90 Å². The summed E-state index contributed by atoms with van der Waals surface area (Å²) in [7, 11) is 0. The molecule has 22 heavy (non-hydrogen) atoms. The minimum atomic E-state index is 1.18. The number of para-hydroxylation sites is 1. The Morgan fingerprint density at radius 1 is 0.636 bits per heavy atom. The van der Waals surface area contributed by atoms with Crippen molar-refractivity contribution in [1.29, 1.82) is 0 Å². The normalized spacial score (nSPS) is 10.7. The van der Waals surface area contributed by atoms with Crippen LogP contribution in [-0.4, -0.2) is 0 Å². The zero-order valence-corrected chi connectivity index (χ0v) is 12.8. The Balaban J connectivity index is 1.98. The van der Waals surface area contributed by atoms with Crippen LogP contribution in [0.3, 0.4) is 0 Å². The summed E-state index contributed by atoms with van der Waals surface area (Å²) in [5.74, 6) is 0. The molecule has 0 aliphatic carbocycles. The van der Waals surface area contributed by atoms with Gasteiger partial charge in [-0.1, -0.05) is 54.6 Å². The average molecular weight is 301 g/mol. The van der Waals surface area contributed by atoms with Crippen molar-refractivity contribution in [3.63, 3.8) is 0 Å². The highest BCUT2D eigenvalue weighted by molar-refractivity contribution is 7.14. The van der Waals surface area contributed by atoms with E-state index in [0.717, 1.165) is 0 Å². The van der Waals surface area contributed by atoms with Crippen molar-refractivity contribution >= 4 is 38.5 Å². The minimum absolute atomic E-state index is 1.18. The number of hydrogen-bond acceptors (Lipinski definition) is 2. The second kappa shape index (κ2) is 5.66. The van der Waals surface area contributed by atoms with Gasteiger partial charge in [0.15, 0.2) is 0 Å². The monoisotopic (exact) mass is 301 g/mol. The van der Waals surface area contributed by atoms with E-state index in [-0.39, 0.29) is 0 Å². The van der Waals surface area contributed by atoms with E-state index in [1.54, 1.807) is 11.3 Å². The fourth-order valence-electron chi connectivity index (χ4n) is 2.76. The molecule has 106 valence electrons. The zero-order chi connectivity index (χ0) is 14.8. The summed E-state index contributed by atoms with van der Waals surface area (Å²) in [5, 5.41) is 5.87. The molecule has 1 nitrogen and oxygen atoms in total. The van der Waals surface area contributed by atoms with E-state index < -0.39 is 0 Å². The van der Waals surface area contributed by atoms with Gasteiger partial charge in [-0.3, -0.25) is 0 Å². The van der Waals surface area contributed by atoms with Gasteiger partial charge >= 0.3 is 0 Å². The van der Waals surface area contributed by atoms with E-state index in [2.05, 4.69) is 95.2 Å². The van der Waals surface area contributed by atoms with Gasteiger partial charge in [0.05, 0.1) is 10.7 Å². The van der Waals surface area contributed by atoms with Gasteiger partial charge in [0.25, 0.3) is 0 Å². The maximum Gasteiger partial charge on any atom is 0.0999 e. The highest BCUT2D eigenvalue weighted by Crippen LogP contribution is 2.40. The van der Waals surface area contributed by atoms with Crippen LogP contribution in [-0.2, 0) is 0 Å². The third-order valence-electron chi connectivity index (χ3n) is 3.75. The van der Waals surface area contributed by atoms with Crippen molar-refractivity contribution in [2.45, 2.75) is 0 Å². The lowest BCUT2D eigenvalue weighted by Gasteiger charge is -2.25. The lowest BCUT2D eigenvalue weighted by molar-refractivity contribution is 1.33. The van der Waals surface area contributed by atoms with Gasteiger partial charge in [0.2, 0.25) is 0 Å². The molecular weight excluding hydrogens is 286 g/mol. The average Bonchev–Trinajstić information content (AvgIpc) is 3.11. The second-order valence-electron chi connectivity index (χ2n) is 5.12. The molecule has 0 radical (unpaired) electrons. The number of anilines is 3. The number of benzene rings is 3.